The van der Waals surface area contributed by atoms with Crippen LogP contribution in [0.15, 0.2) is 87.9 Å². The summed E-state index contributed by atoms with van der Waals surface area (Å²) < 4.78 is 0. The number of carbonyl (C=O) groups is 3. The smallest absolute Gasteiger partial charge is 0.276 e. The quantitative estimate of drug-likeness (QED) is 0.382. The number of nitrogens with zero attached hydrogens (tertiary/aromatic N) is 3. The standard InChI is InChI=1S/C25H15N5O4S/c31-14-11-9-13(10-12-14)30-24(34)21(19-15-5-1-3-7-17(15)26-22(19)32)35-25(30)29-28-20-16-6-2-4-8-18(16)27-23(20)33/h1-12,31H,(H,26,32)(H,27,28,33)/b21-19?,29-25-. The zero-order chi connectivity index (χ0) is 24.1. The third-order valence-corrected chi connectivity index (χ3v) is 6.70. The second kappa shape index (κ2) is 7.96. The Hall–Kier alpha value is -4.70. The van der Waals surface area contributed by atoms with Crippen LogP contribution in [-0.2, 0) is 14.4 Å². The second-order valence-corrected chi connectivity index (χ2v) is 8.77. The van der Waals surface area contributed by atoms with Crippen molar-refractivity contribution in [3.05, 3.63) is 88.8 Å². The van der Waals surface area contributed by atoms with Crippen molar-refractivity contribution in [2.75, 3.05) is 15.5 Å². The van der Waals surface area contributed by atoms with E-state index in [1.165, 1.54) is 17.0 Å². The summed E-state index contributed by atoms with van der Waals surface area (Å²) >= 11 is 1.00. The molecule has 170 valence electrons. The maximum atomic E-state index is 13.6. The maximum absolute atomic E-state index is 13.6. The highest BCUT2D eigenvalue weighted by molar-refractivity contribution is 8.19. The molecule has 0 saturated carbocycles. The molecule has 0 aromatic heterocycles. The summed E-state index contributed by atoms with van der Waals surface area (Å²) in [7, 11) is 0. The van der Waals surface area contributed by atoms with E-state index >= 15 is 0 Å². The molecule has 0 bridgehead atoms. The van der Waals surface area contributed by atoms with Crippen LogP contribution in [0.25, 0.3) is 5.57 Å². The highest BCUT2D eigenvalue weighted by atomic mass is 32.2. The second-order valence-electron chi connectivity index (χ2n) is 7.79. The molecule has 0 radical (unpaired) electrons. The molecule has 0 aliphatic carbocycles. The highest BCUT2D eigenvalue weighted by Crippen LogP contribution is 2.43. The zero-order valence-corrected chi connectivity index (χ0v) is 18.7. The molecule has 3 aromatic carbocycles. The normalized spacial score (nSPS) is 20.9. The highest BCUT2D eigenvalue weighted by Gasteiger charge is 2.41. The Bertz CT molecular complexity index is 1540. The van der Waals surface area contributed by atoms with E-state index in [2.05, 4.69) is 20.8 Å². The molecule has 1 fully saturated rings. The fraction of sp³-hybridized carbons (Fsp3) is 0. The van der Waals surface area contributed by atoms with Crippen molar-refractivity contribution in [1.82, 2.24) is 0 Å². The molecule has 3 N–H and O–H groups in total. The number of para-hydroxylation sites is 2. The fourth-order valence-corrected chi connectivity index (χ4v) is 5.09. The molecule has 0 atom stereocenters. The molecular formula is C25H15N5O4S. The molecular weight excluding hydrogens is 466 g/mol. The molecule has 35 heavy (non-hydrogen) atoms. The van der Waals surface area contributed by atoms with Crippen molar-refractivity contribution in [1.29, 1.82) is 0 Å². The largest absolute Gasteiger partial charge is 0.508 e. The van der Waals surface area contributed by atoms with E-state index in [1.54, 1.807) is 60.7 Å². The Morgan fingerprint density at radius 1 is 0.743 bits per heavy atom. The Morgan fingerprint density at radius 2 is 1.37 bits per heavy atom. The molecule has 3 aliphatic rings. The first-order valence-electron chi connectivity index (χ1n) is 10.5. The molecule has 0 unspecified atom stereocenters. The number of amidine groups is 1. The summed E-state index contributed by atoms with van der Waals surface area (Å²) in [6.45, 7) is 0. The van der Waals surface area contributed by atoms with E-state index < -0.39 is 11.8 Å². The number of benzene rings is 3. The lowest BCUT2D eigenvalue weighted by Crippen LogP contribution is -2.29. The van der Waals surface area contributed by atoms with Gasteiger partial charge in [-0.15, -0.1) is 10.2 Å². The molecule has 3 heterocycles. The number of phenolic OH excluding ortho intramolecular Hbond substituents is 1. The van der Waals surface area contributed by atoms with Crippen LogP contribution in [0, 0.1) is 0 Å². The monoisotopic (exact) mass is 481 g/mol. The van der Waals surface area contributed by atoms with Gasteiger partial charge in [0.25, 0.3) is 17.7 Å². The van der Waals surface area contributed by atoms with E-state index in [0.717, 1.165) is 11.8 Å². The number of thioether (sulfide) groups is 1. The Morgan fingerprint density at radius 3 is 2.11 bits per heavy atom. The van der Waals surface area contributed by atoms with E-state index in [0.29, 0.717) is 28.2 Å². The minimum Gasteiger partial charge on any atom is -0.508 e. The zero-order valence-electron chi connectivity index (χ0n) is 17.9. The lowest BCUT2D eigenvalue weighted by Gasteiger charge is -2.14. The third-order valence-electron chi connectivity index (χ3n) is 5.67. The molecule has 3 aromatic rings. The summed E-state index contributed by atoms with van der Waals surface area (Å²) in [4.78, 5) is 40.4. The SMILES string of the molecule is O=C1Nc2ccccc2C1=N/N=C1\SC(=C2C(=O)Nc3ccccc32)C(=O)N1c1ccc(O)cc1. The predicted molar refractivity (Wildman–Crippen MR) is 134 cm³/mol. The lowest BCUT2D eigenvalue weighted by molar-refractivity contribution is -0.114. The van der Waals surface area contributed by atoms with Gasteiger partial charge in [0.05, 0.1) is 21.9 Å². The van der Waals surface area contributed by atoms with Crippen molar-refractivity contribution >= 4 is 63.0 Å². The summed E-state index contributed by atoms with van der Waals surface area (Å²) in [6.07, 6.45) is 0. The van der Waals surface area contributed by atoms with Crippen LogP contribution in [0.2, 0.25) is 0 Å². The Labute approximate surface area is 202 Å². The van der Waals surface area contributed by atoms with Gasteiger partial charge in [0.2, 0.25) is 5.17 Å². The molecule has 10 heteroatoms. The molecule has 3 aliphatic heterocycles. The van der Waals surface area contributed by atoms with Gasteiger partial charge < -0.3 is 15.7 Å². The third kappa shape index (κ3) is 3.39. The first kappa shape index (κ1) is 20.9. The van der Waals surface area contributed by atoms with E-state index in [4.69, 9.17) is 0 Å². The number of anilines is 3. The van der Waals surface area contributed by atoms with Gasteiger partial charge in [-0.05, 0) is 48.2 Å². The topological polar surface area (TPSA) is 123 Å². The van der Waals surface area contributed by atoms with Crippen molar-refractivity contribution in [3.8, 4) is 5.75 Å². The summed E-state index contributed by atoms with van der Waals surface area (Å²) in [5.41, 5.74) is 3.28. The van der Waals surface area contributed by atoms with E-state index in [1.807, 2.05) is 0 Å². The molecule has 0 spiro atoms. The number of rotatable bonds is 2. The Kier molecular flexibility index (Phi) is 4.75. The van der Waals surface area contributed by atoms with E-state index in [-0.39, 0.29) is 33.0 Å². The van der Waals surface area contributed by atoms with Crippen LogP contribution >= 0.6 is 11.8 Å². The predicted octanol–water partition coefficient (Wildman–Crippen LogP) is 3.55. The lowest BCUT2D eigenvalue weighted by atomic mass is 10.1. The van der Waals surface area contributed by atoms with Crippen LogP contribution in [-0.4, -0.2) is 33.7 Å². The van der Waals surface area contributed by atoms with Gasteiger partial charge in [-0.2, -0.15) is 0 Å². The van der Waals surface area contributed by atoms with Crippen LogP contribution in [0.4, 0.5) is 17.1 Å². The summed E-state index contributed by atoms with van der Waals surface area (Å²) in [5.74, 6) is -1.21. The minimum atomic E-state index is -0.460. The average molecular weight is 481 g/mol. The number of fused-ring (bicyclic) bond motifs is 2. The van der Waals surface area contributed by atoms with Crippen LogP contribution < -0.4 is 15.5 Å². The van der Waals surface area contributed by atoms with Crippen LogP contribution in [0.1, 0.15) is 11.1 Å². The number of amides is 3. The minimum absolute atomic E-state index is 0.0358. The van der Waals surface area contributed by atoms with Crippen LogP contribution in [0.3, 0.4) is 0 Å². The van der Waals surface area contributed by atoms with E-state index in [9.17, 15) is 19.5 Å². The number of hydrogen-bond acceptors (Lipinski definition) is 7. The number of hydrogen-bond donors (Lipinski definition) is 3. The number of aromatic hydroxyl groups is 1. The fourth-order valence-electron chi connectivity index (χ4n) is 4.06. The van der Waals surface area contributed by atoms with Gasteiger partial charge in [0.15, 0.2) is 5.71 Å². The van der Waals surface area contributed by atoms with Gasteiger partial charge in [-0.1, -0.05) is 36.4 Å². The van der Waals surface area contributed by atoms with Crippen molar-refractivity contribution in [2.24, 2.45) is 10.2 Å². The Balaban J connectivity index is 1.49. The van der Waals surface area contributed by atoms with Crippen molar-refractivity contribution in [2.45, 2.75) is 0 Å². The summed E-state index contributed by atoms with van der Waals surface area (Å²) in [5, 5.41) is 23.8. The molecule has 9 nitrogen and oxygen atoms in total. The molecule has 3 amide bonds. The van der Waals surface area contributed by atoms with Crippen LogP contribution in [0.5, 0.6) is 5.75 Å². The first-order valence-corrected chi connectivity index (χ1v) is 11.4. The first-order chi connectivity index (χ1) is 17.0. The van der Waals surface area contributed by atoms with Crippen molar-refractivity contribution in [3.63, 3.8) is 0 Å². The van der Waals surface area contributed by atoms with Gasteiger partial charge in [0, 0.05) is 16.8 Å². The average Bonchev–Trinajstić information content (AvgIpc) is 3.47. The van der Waals surface area contributed by atoms with Gasteiger partial charge >= 0.3 is 0 Å². The van der Waals surface area contributed by atoms with Gasteiger partial charge in [0.1, 0.15) is 5.75 Å². The number of carbonyl (C=O) groups excluding carboxylic acids is 3. The van der Waals surface area contributed by atoms with Gasteiger partial charge in [-0.3, -0.25) is 19.3 Å². The maximum Gasteiger partial charge on any atom is 0.276 e. The molecule has 1 saturated heterocycles. The number of phenols is 1. The summed E-state index contributed by atoms with van der Waals surface area (Å²) in [6, 6.07) is 20.2. The van der Waals surface area contributed by atoms with Gasteiger partial charge in [-0.25, -0.2) is 0 Å². The molecule has 6 rings (SSSR count). The van der Waals surface area contributed by atoms with Crippen molar-refractivity contribution < 1.29 is 19.5 Å². The number of nitrogens with one attached hydrogen (secondary N) is 2.